The highest BCUT2D eigenvalue weighted by Gasteiger charge is 2.36. The van der Waals surface area contributed by atoms with E-state index < -0.39 is 12.0 Å². The summed E-state index contributed by atoms with van der Waals surface area (Å²) in [5.74, 6) is 0.0608. The fourth-order valence-corrected chi connectivity index (χ4v) is 3.35. The Morgan fingerprint density at radius 2 is 2.00 bits per heavy atom. The van der Waals surface area contributed by atoms with Gasteiger partial charge < -0.3 is 19.6 Å². The first-order valence-electron chi connectivity index (χ1n) is 8.92. The van der Waals surface area contributed by atoms with Gasteiger partial charge in [-0.25, -0.2) is 0 Å². The van der Waals surface area contributed by atoms with Crippen LogP contribution >= 0.6 is 0 Å². The summed E-state index contributed by atoms with van der Waals surface area (Å²) in [6.07, 6.45) is -0.635. The maximum atomic E-state index is 12.8. The molecule has 6 nitrogen and oxygen atoms in total. The largest absolute Gasteiger partial charge is 0.497 e. The molecule has 2 unspecified atom stereocenters. The molecule has 1 saturated heterocycles. The molecule has 3 rings (SSSR count). The molecule has 0 aromatic heterocycles. The van der Waals surface area contributed by atoms with Crippen molar-refractivity contribution in [2.75, 3.05) is 32.1 Å². The van der Waals surface area contributed by atoms with Gasteiger partial charge in [-0.3, -0.25) is 9.59 Å². The smallest absolute Gasteiger partial charge is 0.227 e. The molecule has 1 fully saturated rings. The van der Waals surface area contributed by atoms with Crippen LogP contribution in [0.5, 0.6) is 5.75 Å². The summed E-state index contributed by atoms with van der Waals surface area (Å²) in [4.78, 5) is 28.2. The second kappa shape index (κ2) is 8.22. The zero-order chi connectivity index (χ0) is 19.4. The number of rotatable bonds is 6. The van der Waals surface area contributed by atoms with Gasteiger partial charge in [0.05, 0.1) is 25.7 Å². The Morgan fingerprint density at radius 3 is 2.70 bits per heavy atom. The zero-order valence-electron chi connectivity index (χ0n) is 15.5. The number of amides is 2. The van der Waals surface area contributed by atoms with Crippen LogP contribution in [0.1, 0.15) is 18.1 Å². The van der Waals surface area contributed by atoms with Crippen molar-refractivity contribution >= 4 is 17.5 Å². The topological polar surface area (TPSA) is 70.1 Å². The number of aliphatic hydroxyl groups excluding tert-OH is 1. The van der Waals surface area contributed by atoms with Crippen LogP contribution in [0.2, 0.25) is 0 Å². The van der Waals surface area contributed by atoms with E-state index in [0.717, 1.165) is 5.69 Å². The first-order chi connectivity index (χ1) is 13.0. The Balaban J connectivity index is 1.62. The van der Waals surface area contributed by atoms with E-state index in [1.165, 1.54) is 4.90 Å². The number of aliphatic hydroxyl groups is 1. The highest BCUT2D eigenvalue weighted by molar-refractivity contribution is 6.00. The molecular weight excluding hydrogens is 344 g/mol. The van der Waals surface area contributed by atoms with E-state index in [1.54, 1.807) is 43.3 Å². The second-order valence-electron chi connectivity index (χ2n) is 6.75. The second-order valence-corrected chi connectivity index (χ2v) is 6.75. The van der Waals surface area contributed by atoms with Crippen LogP contribution in [0, 0.1) is 5.92 Å². The van der Waals surface area contributed by atoms with Crippen LogP contribution in [-0.4, -0.2) is 49.1 Å². The predicted molar refractivity (Wildman–Crippen MR) is 102 cm³/mol. The number of anilines is 1. The van der Waals surface area contributed by atoms with Gasteiger partial charge in [-0.15, -0.1) is 0 Å². The molecule has 0 radical (unpaired) electrons. The van der Waals surface area contributed by atoms with Gasteiger partial charge in [0.2, 0.25) is 11.8 Å². The molecule has 1 heterocycles. The Hall–Kier alpha value is -2.86. The maximum Gasteiger partial charge on any atom is 0.227 e. The molecule has 1 aliphatic rings. The van der Waals surface area contributed by atoms with Gasteiger partial charge in [-0.05, 0) is 29.8 Å². The first-order valence-corrected chi connectivity index (χ1v) is 8.92. The number of carbonyl (C=O) groups is 2. The first kappa shape index (κ1) is 18.9. The molecule has 2 aromatic carbocycles. The molecular formula is C21H24N2O4. The highest BCUT2D eigenvalue weighted by atomic mass is 16.5. The average Bonchev–Trinajstić information content (AvgIpc) is 3.09. The summed E-state index contributed by atoms with van der Waals surface area (Å²) >= 11 is 0. The Labute approximate surface area is 159 Å². The third-order valence-corrected chi connectivity index (χ3v) is 4.84. The molecule has 0 saturated carbocycles. The molecule has 2 atom stereocenters. The quantitative estimate of drug-likeness (QED) is 0.849. The van der Waals surface area contributed by atoms with Crippen LogP contribution in [0.3, 0.4) is 0 Å². The van der Waals surface area contributed by atoms with Gasteiger partial charge in [-0.1, -0.05) is 30.3 Å². The molecule has 2 aromatic rings. The molecule has 2 amide bonds. The number of benzene rings is 2. The van der Waals surface area contributed by atoms with Crippen molar-refractivity contribution in [2.24, 2.45) is 5.92 Å². The van der Waals surface area contributed by atoms with Crippen LogP contribution in [0.25, 0.3) is 0 Å². The fourth-order valence-electron chi connectivity index (χ4n) is 3.35. The maximum absolute atomic E-state index is 12.8. The molecule has 0 bridgehead atoms. The Kier molecular flexibility index (Phi) is 5.76. The van der Waals surface area contributed by atoms with Crippen LogP contribution in [0.4, 0.5) is 5.69 Å². The summed E-state index contributed by atoms with van der Waals surface area (Å²) in [5, 5.41) is 10.5. The highest BCUT2D eigenvalue weighted by Crippen LogP contribution is 2.27. The van der Waals surface area contributed by atoms with Gasteiger partial charge in [-0.2, -0.15) is 0 Å². The number of hydrogen-bond donors (Lipinski definition) is 1. The normalized spacial score (nSPS) is 17.7. The summed E-state index contributed by atoms with van der Waals surface area (Å²) in [6.45, 7) is 0.517. The lowest BCUT2D eigenvalue weighted by Crippen LogP contribution is -2.37. The Bertz CT molecular complexity index is 809. The zero-order valence-corrected chi connectivity index (χ0v) is 15.5. The minimum absolute atomic E-state index is 0.0544. The lowest BCUT2D eigenvalue weighted by molar-refractivity contribution is -0.135. The monoisotopic (exact) mass is 368 g/mol. The van der Waals surface area contributed by atoms with Crippen molar-refractivity contribution in [1.29, 1.82) is 0 Å². The third kappa shape index (κ3) is 4.28. The van der Waals surface area contributed by atoms with E-state index in [1.807, 2.05) is 30.3 Å². The SMILES string of the molecule is COc1cccc(C(O)CN(C)C(=O)C2CC(=O)N(c3ccccc3)C2)c1. The van der Waals surface area contributed by atoms with Gasteiger partial charge >= 0.3 is 0 Å². The van der Waals surface area contributed by atoms with E-state index >= 15 is 0 Å². The van der Waals surface area contributed by atoms with E-state index in [2.05, 4.69) is 0 Å². The van der Waals surface area contributed by atoms with Crippen molar-refractivity contribution in [3.63, 3.8) is 0 Å². The Morgan fingerprint density at radius 1 is 1.26 bits per heavy atom. The molecule has 0 aliphatic carbocycles. The van der Waals surface area contributed by atoms with Gasteiger partial charge in [0, 0.05) is 25.7 Å². The number of para-hydroxylation sites is 1. The standard InChI is InChI=1S/C21H24N2O4/c1-22(14-19(24)15-7-6-10-18(11-15)27-2)21(26)16-12-20(25)23(13-16)17-8-4-3-5-9-17/h3-11,16,19,24H,12-14H2,1-2H3. The molecule has 142 valence electrons. The number of hydrogen-bond acceptors (Lipinski definition) is 4. The van der Waals surface area contributed by atoms with Crippen LogP contribution in [-0.2, 0) is 9.59 Å². The van der Waals surface area contributed by atoms with Crippen molar-refractivity contribution in [1.82, 2.24) is 4.90 Å². The van der Waals surface area contributed by atoms with Gasteiger partial charge in [0.1, 0.15) is 5.75 Å². The fraction of sp³-hybridized carbons (Fsp3) is 0.333. The summed E-state index contributed by atoms with van der Waals surface area (Å²) in [5.41, 5.74) is 1.49. The number of likely N-dealkylation sites (N-methyl/N-ethyl adjacent to an activating group) is 1. The molecule has 27 heavy (non-hydrogen) atoms. The number of methoxy groups -OCH3 is 1. The summed E-state index contributed by atoms with van der Waals surface area (Å²) < 4.78 is 5.17. The van der Waals surface area contributed by atoms with E-state index in [0.29, 0.717) is 17.9 Å². The number of ether oxygens (including phenoxy) is 1. The predicted octanol–water partition coefficient (Wildman–Crippen LogP) is 2.24. The molecule has 6 heteroatoms. The van der Waals surface area contributed by atoms with Gasteiger partial charge in [0.15, 0.2) is 0 Å². The van der Waals surface area contributed by atoms with E-state index in [9.17, 15) is 14.7 Å². The minimum atomic E-state index is -0.823. The molecule has 1 N–H and O–H groups in total. The van der Waals surface area contributed by atoms with Crippen LogP contribution in [0.15, 0.2) is 54.6 Å². The van der Waals surface area contributed by atoms with Crippen molar-refractivity contribution in [2.45, 2.75) is 12.5 Å². The van der Waals surface area contributed by atoms with E-state index in [-0.39, 0.29) is 24.8 Å². The summed E-state index contributed by atoms with van der Waals surface area (Å²) in [6, 6.07) is 16.5. The minimum Gasteiger partial charge on any atom is -0.497 e. The number of nitrogens with zero attached hydrogens (tertiary/aromatic N) is 2. The van der Waals surface area contributed by atoms with Crippen molar-refractivity contribution < 1.29 is 19.4 Å². The van der Waals surface area contributed by atoms with Crippen molar-refractivity contribution in [3.8, 4) is 5.75 Å². The molecule has 1 aliphatic heterocycles. The lowest BCUT2D eigenvalue weighted by Gasteiger charge is -2.24. The summed E-state index contributed by atoms with van der Waals surface area (Å²) in [7, 11) is 3.22. The third-order valence-electron chi connectivity index (χ3n) is 4.84. The molecule has 0 spiro atoms. The number of carbonyl (C=O) groups excluding carboxylic acids is 2. The van der Waals surface area contributed by atoms with E-state index in [4.69, 9.17) is 4.74 Å². The van der Waals surface area contributed by atoms with Crippen LogP contribution < -0.4 is 9.64 Å². The average molecular weight is 368 g/mol. The lowest BCUT2D eigenvalue weighted by atomic mass is 10.1. The van der Waals surface area contributed by atoms with Crippen molar-refractivity contribution in [3.05, 3.63) is 60.2 Å². The van der Waals surface area contributed by atoms with Gasteiger partial charge in [0.25, 0.3) is 0 Å².